The summed E-state index contributed by atoms with van der Waals surface area (Å²) in [4.78, 5) is 6.25. The average Bonchev–Trinajstić information content (AvgIpc) is 3.08. The fourth-order valence-electron chi connectivity index (χ4n) is 4.34. The number of rotatable bonds is 7. The summed E-state index contributed by atoms with van der Waals surface area (Å²) in [5.41, 5.74) is 3.07. The van der Waals surface area contributed by atoms with E-state index < -0.39 is 24.6 Å². The van der Waals surface area contributed by atoms with E-state index in [1.54, 1.807) is 46.8 Å². The molecule has 1 aliphatic heterocycles. The Morgan fingerprint density at radius 1 is 1.08 bits per heavy atom. The monoisotopic (exact) mass is 549 g/mol. The number of hydrogen-bond donors (Lipinski definition) is 2. The molecule has 0 saturated carbocycles. The standard InChI is InChI=1S/C24H26Cl2F5N5/c1-23(27,28)13-32-11-14-5-6-16(25)18(8-14)33-22-34-19-9-17(26)20(10-21(19)35(22)2)36-7-3-4-15(12-36)24(29,30)31/h5-6,8-10,15,32H,3-4,7,11-13H2,1-2H3,(H,33,34). The number of hydrogen-bond acceptors (Lipinski definition) is 4. The van der Waals surface area contributed by atoms with Crippen LogP contribution in [0.25, 0.3) is 11.0 Å². The van der Waals surface area contributed by atoms with Gasteiger partial charge in [0.15, 0.2) is 0 Å². The van der Waals surface area contributed by atoms with Gasteiger partial charge in [-0.05, 0) is 42.7 Å². The van der Waals surface area contributed by atoms with Gasteiger partial charge in [-0.1, -0.05) is 29.3 Å². The topological polar surface area (TPSA) is 45.1 Å². The molecular formula is C24H26Cl2F5N5. The van der Waals surface area contributed by atoms with Gasteiger partial charge in [-0.3, -0.25) is 0 Å². The van der Waals surface area contributed by atoms with Gasteiger partial charge in [0, 0.05) is 33.6 Å². The molecule has 4 rings (SSSR count). The van der Waals surface area contributed by atoms with Crippen LogP contribution in [0.3, 0.4) is 0 Å². The summed E-state index contributed by atoms with van der Waals surface area (Å²) in [5, 5.41) is 6.61. The number of benzene rings is 2. The number of fused-ring (bicyclic) bond motifs is 1. The highest BCUT2D eigenvalue weighted by Crippen LogP contribution is 2.39. The summed E-state index contributed by atoms with van der Waals surface area (Å²) in [6.45, 7) is 0.968. The number of nitrogens with zero attached hydrogens (tertiary/aromatic N) is 3. The first-order chi connectivity index (χ1) is 16.8. The number of alkyl halides is 5. The van der Waals surface area contributed by atoms with Crippen molar-refractivity contribution in [3.8, 4) is 0 Å². The zero-order chi connectivity index (χ0) is 26.3. The van der Waals surface area contributed by atoms with E-state index >= 15 is 0 Å². The molecule has 1 atom stereocenters. The molecule has 0 aliphatic carbocycles. The van der Waals surface area contributed by atoms with Crippen molar-refractivity contribution in [3.05, 3.63) is 45.9 Å². The fourth-order valence-corrected chi connectivity index (χ4v) is 4.79. The SMILES string of the molecule is Cn1c(Nc2cc(CNCC(C)(F)F)ccc2Cl)nc2cc(Cl)c(N3CCCC(C(F)(F)F)C3)cc21. The zero-order valence-electron chi connectivity index (χ0n) is 19.7. The van der Waals surface area contributed by atoms with E-state index in [1.165, 1.54) is 0 Å². The number of imidazole rings is 1. The van der Waals surface area contributed by atoms with Crippen LogP contribution in [0, 0.1) is 5.92 Å². The first-order valence-corrected chi connectivity index (χ1v) is 12.2. The number of aromatic nitrogens is 2. The van der Waals surface area contributed by atoms with Gasteiger partial charge < -0.3 is 20.1 Å². The van der Waals surface area contributed by atoms with Crippen LogP contribution in [0.1, 0.15) is 25.3 Å². The number of halogens is 7. The van der Waals surface area contributed by atoms with Crippen molar-refractivity contribution in [2.45, 2.75) is 38.4 Å². The summed E-state index contributed by atoms with van der Waals surface area (Å²) in [7, 11) is 1.77. The Balaban J connectivity index is 1.57. The quantitative estimate of drug-likeness (QED) is 0.307. The molecule has 12 heteroatoms. The molecule has 0 amide bonds. The first-order valence-electron chi connectivity index (χ1n) is 11.4. The van der Waals surface area contributed by atoms with Crippen molar-refractivity contribution in [2.24, 2.45) is 13.0 Å². The number of nitrogens with one attached hydrogen (secondary N) is 2. The van der Waals surface area contributed by atoms with E-state index in [0.29, 0.717) is 51.4 Å². The van der Waals surface area contributed by atoms with Crippen molar-refractivity contribution < 1.29 is 22.0 Å². The Labute approximate surface area is 215 Å². The Morgan fingerprint density at radius 2 is 1.83 bits per heavy atom. The average molecular weight is 550 g/mol. The molecule has 1 aliphatic rings. The molecule has 2 heterocycles. The lowest BCUT2D eigenvalue weighted by atomic mass is 9.97. The molecule has 1 fully saturated rings. The van der Waals surface area contributed by atoms with Gasteiger partial charge >= 0.3 is 6.18 Å². The molecule has 1 aromatic heterocycles. The van der Waals surface area contributed by atoms with Crippen molar-refractivity contribution in [1.29, 1.82) is 0 Å². The largest absolute Gasteiger partial charge is 0.393 e. The van der Waals surface area contributed by atoms with Crippen molar-refractivity contribution in [2.75, 3.05) is 29.9 Å². The highest BCUT2D eigenvalue weighted by atomic mass is 35.5. The summed E-state index contributed by atoms with van der Waals surface area (Å²) in [5.74, 6) is -3.77. The molecule has 5 nitrogen and oxygen atoms in total. The molecule has 3 aromatic rings. The van der Waals surface area contributed by atoms with Gasteiger partial charge in [0.2, 0.25) is 5.95 Å². The first kappa shape index (κ1) is 26.8. The maximum atomic E-state index is 13.3. The van der Waals surface area contributed by atoms with Crippen LogP contribution in [-0.2, 0) is 13.6 Å². The van der Waals surface area contributed by atoms with E-state index in [2.05, 4.69) is 15.6 Å². The molecule has 196 valence electrons. The van der Waals surface area contributed by atoms with Gasteiger partial charge in [-0.15, -0.1) is 0 Å². The van der Waals surface area contributed by atoms with Crippen molar-refractivity contribution in [1.82, 2.24) is 14.9 Å². The third kappa shape index (κ3) is 6.15. The Hall–Kier alpha value is -2.30. The lowest BCUT2D eigenvalue weighted by Crippen LogP contribution is -2.41. The van der Waals surface area contributed by atoms with Crippen LogP contribution in [0.15, 0.2) is 30.3 Å². The fraction of sp³-hybridized carbons (Fsp3) is 0.458. The Bertz CT molecular complexity index is 1240. The maximum Gasteiger partial charge on any atom is 0.393 e. The number of aryl methyl sites for hydroxylation is 1. The second kappa shape index (κ2) is 10.2. The molecule has 2 aromatic carbocycles. The third-order valence-corrected chi connectivity index (χ3v) is 6.85. The van der Waals surface area contributed by atoms with Crippen LogP contribution >= 0.6 is 23.2 Å². The predicted octanol–water partition coefficient (Wildman–Crippen LogP) is 7.15. The van der Waals surface area contributed by atoms with Gasteiger partial charge in [0.1, 0.15) is 0 Å². The minimum Gasteiger partial charge on any atom is -0.370 e. The van der Waals surface area contributed by atoms with E-state index in [1.807, 2.05) is 0 Å². The molecule has 1 unspecified atom stereocenters. The second-order valence-electron chi connectivity index (χ2n) is 9.23. The molecule has 0 bridgehead atoms. The molecule has 1 saturated heterocycles. The van der Waals surface area contributed by atoms with Crippen LogP contribution in [0.4, 0.5) is 39.3 Å². The van der Waals surface area contributed by atoms with Gasteiger partial charge in [-0.25, -0.2) is 13.8 Å². The third-order valence-electron chi connectivity index (χ3n) is 6.22. The van der Waals surface area contributed by atoms with Gasteiger partial charge in [0.25, 0.3) is 5.92 Å². The molecule has 0 radical (unpaired) electrons. The van der Waals surface area contributed by atoms with E-state index in [0.717, 1.165) is 12.5 Å². The van der Waals surface area contributed by atoms with Crippen molar-refractivity contribution >= 4 is 51.6 Å². The smallest absolute Gasteiger partial charge is 0.370 e. The highest BCUT2D eigenvalue weighted by Gasteiger charge is 2.42. The second-order valence-corrected chi connectivity index (χ2v) is 10.0. The lowest BCUT2D eigenvalue weighted by Gasteiger charge is -2.35. The van der Waals surface area contributed by atoms with E-state index in [-0.39, 0.29) is 19.5 Å². The van der Waals surface area contributed by atoms with Gasteiger partial charge in [-0.2, -0.15) is 13.2 Å². The van der Waals surface area contributed by atoms with Gasteiger partial charge in [0.05, 0.1) is 44.9 Å². The van der Waals surface area contributed by atoms with E-state index in [4.69, 9.17) is 23.2 Å². The molecule has 0 spiro atoms. The highest BCUT2D eigenvalue weighted by molar-refractivity contribution is 6.34. The van der Waals surface area contributed by atoms with Crippen LogP contribution in [0.5, 0.6) is 0 Å². The molecular weight excluding hydrogens is 524 g/mol. The zero-order valence-corrected chi connectivity index (χ0v) is 21.2. The number of anilines is 3. The summed E-state index contributed by atoms with van der Waals surface area (Å²) < 4.78 is 67.9. The van der Waals surface area contributed by atoms with Crippen LogP contribution < -0.4 is 15.5 Å². The predicted molar refractivity (Wildman–Crippen MR) is 134 cm³/mol. The summed E-state index contributed by atoms with van der Waals surface area (Å²) in [6, 6.07) is 8.53. The summed E-state index contributed by atoms with van der Waals surface area (Å²) >= 11 is 12.8. The Morgan fingerprint density at radius 3 is 2.53 bits per heavy atom. The van der Waals surface area contributed by atoms with E-state index in [9.17, 15) is 22.0 Å². The molecule has 2 N–H and O–H groups in total. The van der Waals surface area contributed by atoms with Crippen LogP contribution in [0.2, 0.25) is 10.0 Å². The van der Waals surface area contributed by atoms with Crippen molar-refractivity contribution in [3.63, 3.8) is 0 Å². The van der Waals surface area contributed by atoms with Crippen LogP contribution in [-0.4, -0.2) is 41.3 Å². The lowest BCUT2D eigenvalue weighted by molar-refractivity contribution is -0.175. The maximum absolute atomic E-state index is 13.3. The molecule has 36 heavy (non-hydrogen) atoms. The Kier molecular flexibility index (Phi) is 7.60. The number of piperidine rings is 1. The summed E-state index contributed by atoms with van der Waals surface area (Å²) in [6.07, 6.45) is -3.72. The minimum absolute atomic E-state index is 0.107. The normalized spacial score (nSPS) is 17.1. The minimum atomic E-state index is -4.25.